The molecular formula is C14H12FN3OS. The van der Waals surface area contributed by atoms with Crippen LogP contribution in [0, 0.1) is 12.7 Å². The smallest absolute Gasteiger partial charge is 0.246 e. The van der Waals surface area contributed by atoms with Crippen LogP contribution in [0.25, 0.3) is 10.7 Å². The highest BCUT2D eigenvalue weighted by Gasteiger charge is 2.10. The second kappa shape index (κ2) is 5.42. The van der Waals surface area contributed by atoms with Crippen molar-refractivity contribution < 1.29 is 8.91 Å². The number of rotatable bonds is 4. The third-order valence-electron chi connectivity index (χ3n) is 2.76. The lowest BCUT2D eigenvalue weighted by Gasteiger charge is -2.05. The Morgan fingerprint density at radius 1 is 1.35 bits per heavy atom. The maximum atomic E-state index is 13.7. The van der Waals surface area contributed by atoms with Gasteiger partial charge in [0, 0.05) is 0 Å². The molecule has 3 rings (SSSR count). The quantitative estimate of drug-likeness (QED) is 0.792. The fraction of sp³-hybridized carbons (Fsp3) is 0.143. The Morgan fingerprint density at radius 3 is 3.00 bits per heavy atom. The molecule has 0 aliphatic rings. The number of benzene rings is 1. The summed E-state index contributed by atoms with van der Waals surface area (Å²) in [5.41, 5.74) is 1.30. The van der Waals surface area contributed by atoms with Crippen LogP contribution in [0.15, 0.2) is 40.2 Å². The molecular weight excluding hydrogens is 277 g/mol. The van der Waals surface area contributed by atoms with Crippen molar-refractivity contribution in [2.45, 2.75) is 13.5 Å². The summed E-state index contributed by atoms with van der Waals surface area (Å²) in [5.74, 6) is 0.692. The van der Waals surface area contributed by atoms with E-state index in [0.29, 0.717) is 23.9 Å². The van der Waals surface area contributed by atoms with Gasteiger partial charge in [-0.2, -0.15) is 4.98 Å². The van der Waals surface area contributed by atoms with Crippen LogP contribution in [0.4, 0.5) is 10.1 Å². The summed E-state index contributed by atoms with van der Waals surface area (Å²) < 4.78 is 18.8. The minimum Gasteiger partial charge on any atom is -0.374 e. The first kappa shape index (κ1) is 12.8. The minimum atomic E-state index is -0.289. The molecule has 0 aliphatic carbocycles. The number of thiophene rings is 1. The summed E-state index contributed by atoms with van der Waals surface area (Å²) in [7, 11) is 0. The average molecular weight is 289 g/mol. The maximum absolute atomic E-state index is 13.7. The molecule has 0 atom stereocenters. The van der Waals surface area contributed by atoms with Gasteiger partial charge in [0.15, 0.2) is 0 Å². The SMILES string of the molecule is Cc1ccc(NCc2nc(-c3cccs3)no2)c(F)c1. The number of aromatic nitrogens is 2. The van der Waals surface area contributed by atoms with Gasteiger partial charge >= 0.3 is 0 Å². The molecule has 102 valence electrons. The van der Waals surface area contributed by atoms with E-state index in [1.165, 1.54) is 6.07 Å². The Morgan fingerprint density at radius 2 is 2.25 bits per heavy atom. The van der Waals surface area contributed by atoms with Gasteiger partial charge in [-0.05, 0) is 36.1 Å². The highest BCUT2D eigenvalue weighted by Crippen LogP contribution is 2.22. The molecule has 0 aliphatic heterocycles. The zero-order valence-electron chi connectivity index (χ0n) is 10.8. The lowest BCUT2D eigenvalue weighted by Crippen LogP contribution is -2.01. The van der Waals surface area contributed by atoms with Crippen molar-refractivity contribution in [2.24, 2.45) is 0 Å². The zero-order valence-corrected chi connectivity index (χ0v) is 11.6. The average Bonchev–Trinajstić information content (AvgIpc) is 3.08. The van der Waals surface area contributed by atoms with Gasteiger partial charge in [0.05, 0.1) is 17.1 Å². The fourth-order valence-corrected chi connectivity index (χ4v) is 2.42. The van der Waals surface area contributed by atoms with E-state index in [-0.39, 0.29) is 5.82 Å². The van der Waals surface area contributed by atoms with Crippen molar-refractivity contribution in [1.29, 1.82) is 0 Å². The normalized spacial score (nSPS) is 10.7. The number of halogens is 1. The number of hydrogen-bond acceptors (Lipinski definition) is 5. The zero-order chi connectivity index (χ0) is 13.9. The number of nitrogens with one attached hydrogen (secondary N) is 1. The summed E-state index contributed by atoms with van der Waals surface area (Å²) in [6, 6.07) is 8.87. The van der Waals surface area contributed by atoms with Crippen molar-refractivity contribution in [2.75, 3.05) is 5.32 Å². The topological polar surface area (TPSA) is 51.0 Å². The van der Waals surface area contributed by atoms with Crippen molar-refractivity contribution in [3.05, 3.63) is 53.0 Å². The largest absolute Gasteiger partial charge is 0.374 e. The van der Waals surface area contributed by atoms with Crippen LogP contribution in [0.5, 0.6) is 0 Å². The predicted molar refractivity (Wildman–Crippen MR) is 76.1 cm³/mol. The molecule has 0 saturated heterocycles. The molecule has 0 radical (unpaired) electrons. The highest BCUT2D eigenvalue weighted by molar-refractivity contribution is 7.13. The van der Waals surface area contributed by atoms with Gasteiger partial charge in [-0.3, -0.25) is 0 Å². The van der Waals surface area contributed by atoms with Crippen LogP contribution in [-0.2, 0) is 6.54 Å². The third-order valence-corrected chi connectivity index (χ3v) is 3.63. The first-order valence-corrected chi connectivity index (χ1v) is 6.97. The van der Waals surface area contributed by atoms with Crippen LogP contribution in [0.3, 0.4) is 0 Å². The number of nitrogens with zero attached hydrogens (tertiary/aromatic N) is 2. The maximum Gasteiger partial charge on any atom is 0.246 e. The van der Waals surface area contributed by atoms with Gasteiger partial charge < -0.3 is 9.84 Å². The van der Waals surface area contributed by atoms with Crippen molar-refractivity contribution in [1.82, 2.24) is 10.1 Å². The van der Waals surface area contributed by atoms with E-state index in [1.54, 1.807) is 17.4 Å². The first-order chi connectivity index (χ1) is 9.72. The standard InChI is InChI=1S/C14H12FN3OS/c1-9-4-5-11(10(15)7-9)16-8-13-17-14(18-19-13)12-3-2-6-20-12/h2-7,16H,8H2,1H3. The number of aryl methyl sites for hydroxylation is 1. The Bertz CT molecular complexity index is 709. The Kier molecular flexibility index (Phi) is 3.47. The number of hydrogen-bond donors (Lipinski definition) is 1. The van der Waals surface area contributed by atoms with Crippen LogP contribution < -0.4 is 5.32 Å². The molecule has 6 heteroatoms. The summed E-state index contributed by atoms with van der Waals surface area (Å²) in [4.78, 5) is 5.21. The second-order valence-corrected chi connectivity index (χ2v) is 5.27. The number of anilines is 1. The molecule has 0 bridgehead atoms. The summed E-state index contributed by atoms with van der Waals surface area (Å²) in [5, 5.41) is 8.79. The summed E-state index contributed by atoms with van der Waals surface area (Å²) >= 11 is 1.54. The summed E-state index contributed by atoms with van der Waals surface area (Å²) in [6.45, 7) is 2.14. The molecule has 0 saturated carbocycles. The summed E-state index contributed by atoms with van der Waals surface area (Å²) in [6.07, 6.45) is 0. The van der Waals surface area contributed by atoms with Gasteiger partial charge in [0.25, 0.3) is 0 Å². The molecule has 0 amide bonds. The second-order valence-electron chi connectivity index (χ2n) is 4.33. The fourth-order valence-electron chi connectivity index (χ4n) is 1.77. The van der Waals surface area contributed by atoms with Crippen LogP contribution in [0.1, 0.15) is 11.5 Å². The predicted octanol–water partition coefficient (Wildman–Crippen LogP) is 3.86. The molecule has 4 nitrogen and oxygen atoms in total. The molecule has 3 aromatic rings. The van der Waals surface area contributed by atoms with Crippen molar-refractivity contribution >= 4 is 17.0 Å². The first-order valence-electron chi connectivity index (χ1n) is 6.09. The highest BCUT2D eigenvalue weighted by atomic mass is 32.1. The van der Waals surface area contributed by atoms with Gasteiger partial charge in [-0.25, -0.2) is 4.39 Å². The van der Waals surface area contributed by atoms with Crippen molar-refractivity contribution in [3.63, 3.8) is 0 Å². The van der Waals surface area contributed by atoms with E-state index >= 15 is 0 Å². The van der Waals surface area contributed by atoms with E-state index in [4.69, 9.17) is 4.52 Å². The van der Waals surface area contributed by atoms with Gasteiger partial charge in [0.1, 0.15) is 5.82 Å². The molecule has 2 heterocycles. The van der Waals surface area contributed by atoms with E-state index in [0.717, 1.165) is 10.4 Å². The van der Waals surface area contributed by atoms with Crippen LogP contribution >= 0.6 is 11.3 Å². The van der Waals surface area contributed by atoms with E-state index < -0.39 is 0 Å². The lowest BCUT2D eigenvalue weighted by atomic mass is 10.2. The van der Waals surface area contributed by atoms with Gasteiger partial charge in [-0.15, -0.1) is 11.3 Å². The molecule has 1 aromatic carbocycles. The van der Waals surface area contributed by atoms with Crippen LogP contribution in [-0.4, -0.2) is 10.1 Å². The molecule has 0 unspecified atom stereocenters. The Balaban J connectivity index is 1.70. The molecule has 1 N–H and O–H groups in total. The molecule has 20 heavy (non-hydrogen) atoms. The van der Waals surface area contributed by atoms with E-state index in [1.807, 2.05) is 30.5 Å². The van der Waals surface area contributed by atoms with Crippen LogP contribution in [0.2, 0.25) is 0 Å². The minimum absolute atomic E-state index is 0.289. The van der Waals surface area contributed by atoms with E-state index in [2.05, 4.69) is 15.5 Å². The van der Waals surface area contributed by atoms with E-state index in [9.17, 15) is 4.39 Å². The lowest BCUT2D eigenvalue weighted by molar-refractivity contribution is 0.384. The molecule has 0 spiro atoms. The molecule has 2 aromatic heterocycles. The van der Waals surface area contributed by atoms with Crippen molar-refractivity contribution in [3.8, 4) is 10.7 Å². The monoisotopic (exact) mass is 289 g/mol. The van der Waals surface area contributed by atoms with Gasteiger partial charge in [0.2, 0.25) is 11.7 Å². The van der Waals surface area contributed by atoms with Gasteiger partial charge in [-0.1, -0.05) is 17.3 Å². The third kappa shape index (κ3) is 2.70. The Labute approximate surface area is 119 Å². The molecule has 0 fully saturated rings. The Hall–Kier alpha value is -2.21.